The van der Waals surface area contributed by atoms with Crippen LogP contribution >= 0.6 is 23.2 Å². The number of primary sulfonamides is 1. The van der Waals surface area contributed by atoms with Crippen LogP contribution in [0.4, 0.5) is 8.78 Å². The van der Waals surface area contributed by atoms with Crippen LogP contribution in [0.2, 0.25) is 10.0 Å². The lowest BCUT2D eigenvalue weighted by Crippen LogP contribution is -2.16. The number of sulfonamides is 1. The number of carbonyl (C=O) groups excluding carboxylic acids is 1. The zero-order chi connectivity index (χ0) is 19.2. The van der Waals surface area contributed by atoms with Crippen molar-refractivity contribution < 1.29 is 26.7 Å². The number of halogens is 4. The minimum Gasteiger partial charge on any atom is -0.457 e. The SMILES string of the molecule is NS(=O)(=O)c1c(F)cc(C2=C(c3ccc(Cl)c(Cl)c3)C(=O)OC2)cc1F. The molecule has 0 saturated carbocycles. The second-order valence-corrected chi connectivity index (χ2v) is 7.69. The van der Waals surface area contributed by atoms with Crippen molar-refractivity contribution in [1.29, 1.82) is 0 Å². The first-order valence-corrected chi connectivity index (χ1v) is 9.27. The average Bonchev–Trinajstić information content (AvgIpc) is 2.89. The number of cyclic esters (lactones) is 1. The zero-order valence-electron chi connectivity index (χ0n) is 12.7. The Balaban J connectivity index is 2.22. The summed E-state index contributed by atoms with van der Waals surface area (Å²) < 4.78 is 55.8. The Bertz CT molecular complexity index is 1060. The van der Waals surface area contributed by atoms with E-state index in [2.05, 4.69) is 0 Å². The number of carbonyl (C=O) groups is 1. The Morgan fingerprint density at radius 1 is 1.00 bits per heavy atom. The highest BCUT2D eigenvalue weighted by Gasteiger charge is 2.30. The minimum atomic E-state index is -4.59. The van der Waals surface area contributed by atoms with E-state index in [1.807, 2.05) is 0 Å². The molecule has 5 nitrogen and oxygen atoms in total. The standard InChI is InChI=1S/C16H9Cl2F2NO4S/c17-10-2-1-7(3-11(10)18)14-9(6-25-16(14)22)8-4-12(19)15(13(20)5-8)26(21,23)24/h1-5H,6H2,(H2,21,23,24). The molecule has 0 atom stereocenters. The van der Waals surface area contributed by atoms with Gasteiger partial charge in [-0.05, 0) is 35.4 Å². The molecule has 26 heavy (non-hydrogen) atoms. The van der Waals surface area contributed by atoms with E-state index in [0.717, 1.165) is 12.1 Å². The molecular weight excluding hydrogens is 411 g/mol. The summed E-state index contributed by atoms with van der Waals surface area (Å²) in [5.41, 5.74) is 0.505. The lowest BCUT2D eigenvalue weighted by atomic mass is 9.96. The number of hydrogen-bond acceptors (Lipinski definition) is 4. The van der Waals surface area contributed by atoms with Crippen LogP contribution in [-0.2, 0) is 19.6 Å². The van der Waals surface area contributed by atoms with Crippen LogP contribution in [0, 0.1) is 11.6 Å². The zero-order valence-corrected chi connectivity index (χ0v) is 15.1. The molecule has 1 heterocycles. The van der Waals surface area contributed by atoms with Crippen molar-refractivity contribution in [2.45, 2.75) is 4.90 Å². The second kappa shape index (κ2) is 6.62. The van der Waals surface area contributed by atoms with Crippen LogP contribution in [0.25, 0.3) is 11.1 Å². The van der Waals surface area contributed by atoms with Crippen LogP contribution < -0.4 is 5.14 Å². The van der Waals surface area contributed by atoms with Crippen molar-refractivity contribution in [1.82, 2.24) is 0 Å². The molecule has 0 fully saturated rings. The Kier molecular flexibility index (Phi) is 4.78. The summed E-state index contributed by atoms with van der Waals surface area (Å²) in [6, 6.07) is 5.93. The monoisotopic (exact) mass is 419 g/mol. The molecule has 2 aromatic rings. The van der Waals surface area contributed by atoms with Crippen molar-refractivity contribution in [3.05, 3.63) is 63.1 Å². The lowest BCUT2D eigenvalue weighted by Gasteiger charge is -2.09. The highest BCUT2D eigenvalue weighted by molar-refractivity contribution is 7.89. The van der Waals surface area contributed by atoms with Gasteiger partial charge < -0.3 is 4.74 Å². The molecule has 0 radical (unpaired) electrons. The molecule has 1 aliphatic rings. The largest absolute Gasteiger partial charge is 0.457 e. The Morgan fingerprint density at radius 2 is 1.62 bits per heavy atom. The molecule has 0 aliphatic carbocycles. The van der Waals surface area contributed by atoms with E-state index in [-0.39, 0.29) is 33.4 Å². The van der Waals surface area contributed by atoms with E-state index >= 15 is 0 Å². The molecule has 3 rings (SSSR count). The van der Waals surface area contributed by atoms with E-state index < -0.39 is 32.5 Å². The van der Waals surface area contributed by atoms with Crippen molar-refractivity contribution >= 4 is 50.3 Å². The van der Waals surface area contributed by atoms with Gasteiger partial charge in [-0.25, -0.2) is 27.1 Å². The fraction of sp³-hybridized carbons (Fsp3) is 0.0625. The Hall–Kier alpha value is -2.00. The molecular formula is C16H9Cl2F2NO4S. The molecule has 2 aromatic carbocycles. The van der Waals surface area contributed by atoms with Gasteiger partial charge in [-0.2, -0.15) is 0 Å². The summed E-state index contributed by atoms with van der Waals surface area (Å²) in [7, 11) is -4.59. The highest BCUT2D eigenvalue weighted by atomic mass is 35.5. The maximum Gasteiger partial charge on any atom is 0.339 e. The summed E-state index contributed by atoms with van der Waals surface area (Å²) in [6.07, 6.45) is 0. The van der Waals surface area contributed by atoms with Crippen molar-refractivity contribution in [3.8, 4) is 0 Å². The van der Waals surface area contributed by atoms with Gasteiger partial charge in [-0.15, -0.1) is 0 Å². The number of ether oxygens (including phenoxy) is 1. The molecule has 1 aliphatic heterocycles. The van der Waals surface area contributed by atoms with Crippen LogP contribution in [0.1, 0.15) is 11.1 Å². The average molecular weight is 420 g/mol. The third-order valence-electron chi connectivity index (χ3n) is 3.69. The molecule has 136 valence electrons. The normalized spacial score (nSPS) is 14.7. The van der Waals surface area contributed by atoms with Gasteiger partial charge >= 0.3 is 5.97 Å². The van der Waals surface area contributed by atoms with E-state index in [1.165, 1.54) is 18.2 Å². The summed E-state index contributed by atoms with van der Waals surface area (Å²) in [4.78, 5) is 10.8. The second-order valence-electron chi connectivity index (χ2n) is 5.37. The van der Waals surface area contributed by atoms with E-state index in [1.54, 1.807) is 0 Å². The molecule has 0 amide bonds. The van der Waals surface area contributed by atoms with Crippen LogP contribution in [0.3, 0.4) is 0 Å². The third kappa shape index (κ3) is 3.33. The Labute approximate surface area is 157 Å². The Morgan fingerprint density at radius 3 is 2.15 bits per heavy atom. The van der Waals surface area contributed by atoms with Gasteiger partial charge in [0.15, 0.2) is 4.90 Å². The molecule has 0 bridgehead atoms. The van der Waals surface area contributed by atoms with Gasteiger partial charge in [0, 0.05) is 5.57 Å². The van der Waals surface area contributed by atoms with Gasteiger partial charge in [0.05, 0.1) is 15.6 Å². The topological polar surface area (TPSA) is 86.5 Å². The quantitative estimate of drug-likeness (QED) is 0.772. The van der Waals surface area contributed by atoms with E-state index in [9.17, 15) is 22.0 Å². The van der Waals surface area contributed by atoms with Gasteiger partial charge in [-0.3, -0.25) is 0 Å². The highest BCUT2D eigenvalue weighted by Crippen LogP contribution is 2.36. The predicted molar refractivity (Wildman–Crippen MR) is 92.0 cm³/mol. The van der Waals surface area contributed by atoms with Crippen molar-refractivity contribution in [3.63, 3.8) is 0 Å². The predicted octanol–water partition coefficient (Wildman–Crippen LogP) is 3.39. The fourth-order valence-corrected chi connectivity index (χ4v) is 3.54. The fourth-order valence-electron chi connectivity index (χ4n) is 2.58. The molecule has 0 aromatic heterocycles. The number of hydrogen-bond donors (Lipinski definition) is 1. The van der Waals surface area contributed by atoms with Gasteiger partial charge in [0.25, 0.3) is 0 Å². The third-order valence-corrected chi connectivity index (χ3v) is 5.39. The van der Waals surface area contributed by atoms with Crippen molar-refractivity contribution in [2.75, 3.05) is 6.61 Å². The van der Waals surface area contributed by atoms with Gasteiger partial charge in [0.1, 0.15) is 18.2 Å². The first kappa shape index (κ1) is 18.8. The first-order valence-electron chi connectivity index (χ1n) is 6.97. The molecule has 10 heteroatoms. The number of esters is 1. The van der Waals surface area contributed by atoms with E-state index in [0.29, 0.717) is 5.56 Å². The summed E-state index contributed by atoms with van der Waals surface area (Å²) in [6.45, 7) is -0.248. The maximum absolute atomic E-state index is 14.1. The first-order chi connectivity index (χ1) is 12.1. The summed E-state index contributed by atoms with van der Waals surface area (Å²) in [5, 5.41) is 5.25. The number of nitrogens with two attached hydrogens (primary N) is 1. The number of benzene rings is 2. The smallest absolute Gasteiger partial charge is 0.339 e. The molecule has 0 saturated heterocycles. The number of rotatable bonds is 3. The van der Waals surface area contributed by atoms with Crippen LogP contribution in [0.5, 0.6) is 0 Å². The molecule has 0 spiro atoms. The minimum absolute atomic E-state index is 0.0470. The van der Waals surface area contributed by atoms with Crippen LogP contribution in [-0.4, -0.2) is 21.0 Å². The van der Waals surface area contributed by atoms with Gasteiger partial charge in [-0.1, -0.05) is 29.3 Å². The van der Waals surface area contributed by atoms with Gasteiger partial charge in [0.2, 0.25) is 10.0 Å². The van der Waals surface area contributed by atoms with E-state index in [4.69, 9.17) is 33.1 Å². The lowest BCUT2D eigenvalue weighted by molar-refractivity contribution is -0.133. The summed E-state index contributed by atoms with van der Waals surface area (Å²) in [5.74, 6) is -3.46. The molecule has 2 N–H and O–H groups in total. The maximum atomic E-state index is 14.1. The van der Waals surface area contributed by atoms with Crippen LogP contribution in [0.15, 0.2) is 35.2 Å². The van der Waals surface area contributed by atoms with Crippen molar-refractivity contribution in [2.24, 2.45) is 5.14 Å². The molecule has 0 unspecified atom stereocenters. The summed E-state index contributed by atoms with van der Waals surface area (Å²) >= 11 is 11.8.